The highest BCUT2D eigenvalue weighted by Crippen LogP contribution is 2.29. The van der Waals surface area contributed by atoms with E-state index in [-0.39, 0.29) is 6.10 Å². The SMILES string of the molecule is COc1ccc([C@H](C)O)c(OCC(C)OC)c1. The number of aliphatic hydroxyl groups excluding tert-OH is 1. The molecule has 0 radical (unpaired) electrons. The molecular formula is C13H20O4. The molecule has 0 aromatic heterocycles. The van der Waals surface area contributed by atoms with Gasteiger partial charge in [-0.3, -0.25) is 0 Å². The second kappa shape index (κ2) is 6.47. The van der Waals surface area contributed by atoms with Crippen molar-refractivity contribution in [3.63, 3.8) is 0 Å². The lowest BCUT2D eigenvalue weighted by Crippen LogP contribution is -2.16. The first-order valence-corrected chi connectivity index (χ1v) is 5.60. The van der Waals surface area contributed by atoms with Gasteiger partial charge in [0.2, 0.25) is 0 Å². The Morgan fingerprint density at radius 2 is 1.94 bits per heavy atom. The predicted octanol–water partition coefficient (Wildman–Crippen LogP) is 2.16. The van der Waals surface area contributed by atoms with Gasteiger partial charge < -0.3 is 19.3 Å². The van der Waals surface area contributed by atoms with Gasteiger partial charge in [-0.1, -0.05) is 0 Å². The zero-order valence-electron chi connectivity index (χ0n) is 10.8. The molecule has 1 aromatic carbocycles. The van der Waals surface area contributed by atoms with E-state index in [1.807, 2.05) is 6.92 Å². The van der Waals surface area contributed by atoms with Crippen molar-refractivity contribution < 1.29 is 19.3 Å². The molecule has 0 saturated heterocycles. The Labute approximate surface area is 102 Å². The van der Waals surface area contributed by atoms with Crippen LogP contribution in [0.15, 0.2) is 18.2 Å². The molecule has 0 fully saturated rings. The van der Waals surface area contributed by atoms with E-state index < -0.39 is 6.10 Å². The van der Waals surface area contributed by atoms with E-state index in [2.05, 4.69) is 0 Å². The molecule has 0 saturated carbocycles. The second-order valence-corrected chi connectivity index (χ2v) is 3.94. The van der Waals surface area contributed by atoms with E-state index in [0.29, 0.717) is 18.1 Å². The number of hydrogen-bond donors (Lipinski definition) is 1. The topological polar surface area (TPSA) is 47.9 Å². The number of aliphatic hydroxyl groups is 1. The van der Waals surface area contributed by atoms with Gasteiger partial charge in [-0.05, 0) is 26.0 Å². The molecule has 0 heterocycles. The molecule has 0 amide bonds. The molecular weight excluding hydrogens is 220 g/mol. The van der Waals surface area contributed by atoms with Gasteiger partial charge in [-0.15, -0.1) is 0 Å². The average Bonchev–Trinajstić information content (AvgIpc) is 2.35. The minimum absolute atomic E-state index is 0.00282. The van der Waals surface area contributed by atoms with Gasteiger partial charge in [0, 0.05) is 18.7 Å². The summed E-state index contributed by atoms with van der Waals surface area (Å²) in [4.78, 5) is 0. The molecule has 4 nitrogen and oxygen atoms in total. The highest BCUT2D eigenvalue weighted by Gasteiger charge is 2.11. The minimum atomic E-state index is -0.575. The third-order valence-corrected chi connectivity index (χ3v) is 2.55. The van der Waals surface area contributed by atoms with Crippen LogP contribution < -0.4 is 9.47 Å². The van der Waals surface area contributed by atoms with Gasteiger partial charge in [-0.2, -0.15) is 0 Å². The Hall–Kier alpha value is -1.26. The molecule has 17 heavy (non-hydrogen) atoms. The quantitative estimate of drug-likeness (QED) is 0.827. The molecule has 1 aromatic rings. The van der Waals surface area contributed by atoms with Crippen molar-refractivity contribution in [2.45, 2.75) is 26.1 Å². The van der Waals surface area contributed by atoms with Crippen LogP contribution in [-0.4, -0.2) is 32.0 Å². The van der Waals surface area contributed by atoms with E-state index in [4.69, 9.17) is 14.2 Å². The van der Waals surface area contributed by atoms with Crippen molar-refractivity contribution in [1.29, 1.82) is 0 Å². The standard InChI is InChI=1S/C13H20O4/c1-9(15-3)8-17-13-7-11(16-4)5-6-12(13)10(2)14/h5-7,9-10,14H,8H2,1-4H3/t9?,10-/m0/s1. The Balaban J connectivity index is 2.85. The fraction of sp³-hybridized carbons (Fsp3) is 0.538. The molecule has 0 aliphatic rings. The lowest BCUT2D eigenvalue weighted by atomic mass is 10.1. The largest absolute Gasteiger partial charge is 0.497 e. The van der Waals surface area contributed by atoms with Gasteiger partial charge in [0.1, 0.15) is 18.1 Å². The highest BCUT2D eigenvalue weighted by atomic mass is 16.5. The van der Waals surface area contributed by atoms with Crippen molar-refractivity contribution in [2.75, 3.05) is 20.8 Å². The van der Waals surface area contributed by atoms with E-state index in [1.54, 1.807) is 39.3 Å². The zero-order valence-corrected chi connectivity index (χ0v) is 10.8. The molecule has 1 N–H and O–H groups in total. The monoisotopic (exact) mass is 240 g/mol. The van der Waals surface area contributed by atoms with Crippen LogP contribution in [0.2, 0.25) is 0 Å². The van der Waals surface area contributed by atoms with Crippen LogP contribution in [0.3, 0.4) is 0 Å². The smallest absolute Gasteiger partial charge is 0.128 e. The maximum absolute atomic E-state index is 9.64. The molecule has 1 unspecified atom stereocenters. The molecule has 1 rings (SSSR count). The van der Waals surface area contributed by atoms with Crippen LogP contribution >= 0.6 is 0 Å². The van der Waals surface area contributed by atoms with E-state index >= 15 is 0 Å². The van der Waals surface area contributed by atoms with Gasteiger partial charge in [0.05, 0.1) is 19.3 Å². The van der Waals surface area contributed by atoms with Gasteiger partial charge >= 0.3 is 0 Å². The van der Waals surface area contributed by atoms with Crippen molar-refractivity contribution >= 4 is 0 Å². The molecule has 0 bridgehead atoms. The summed E-state index contributed by atoms with van der Waals surface area (Å²) in [6, 6.07) is 5.37. The molecule has 0 spiro atoms. The Morgan fingerprint density at radius 3 is 2.47 bits per heavy atom. The van der Waals surface area contributed by atoms with Crippen LogP contribution in [0, 0.1) is 0 Å². The fourth-order valence-corrected chi connectivity index (χ4v) is 1.39. The first-order chi connectivity index (χ1) is 8.08. The zero-order chi connectivity index (χ0) is 12.8. The summed E-state index contributed by atoms with van der Waals surface area (Å²) in [6.07, 6.45) is -0.572. The Bertz CT molecular complexity index is 349. The van der Waals surface area contributed by atoms with Gasteiger partial charge in [-0.25, -0.2) is 0 Å². The van der Waals surface area contributed by atoms with Gasteiger partial charge in [0.25, 0.3) is 0 Å². The third kappa shape index (κ3) is 3.91. The number of ether oxygens (including phenoxy) is 3. The summed E-state index contributed by atoms with van der Waals surface area (Å²) in [5.74, 6) is 1.33. The second-order valence-electron chi connectivity index (χ2n) is 3.94. The van der Waals surface area contributed by atoms with E-state index in [0.717, 1.165) is 5.56 Å². The summed E-state index contributed by atoms with van der Waals surface area (Å²) >= 11 is 0. The molecule has 0 aliphatic heterocycles. The number of rotatable bonds is 6. The number of methoxy groups -OCH3 is 2. The maximum atomic E-state index is 9.64. The molecule has 2 atom stereocenters. The van der Waals surface area contributed by atoms with Crippen LogP contribution in [0.5, 0.6) is 11.5 Å². The third-order valence-electron chi connectivity index (χ3n) is 2.55. The maximum Gasteiger partial charge on any atom is 0.128 e. The predicted molar refractivity (Wildman–Crippen MR) is 65.6 cm³/mol. The molecule has 4 heteroatoms. The molecule has 96 valence electrons. The molecule has 0 aliphatic carbocycles. The van der Waals surface area contributed by atoms with Crippen molar-refractivity contribution in [3.8, 4) is 11.5 Å². The summed E-state index contributed by atoms with van der Waals surface area (Å²) in [5, 5.41) is 9.64. The van der Waals surface area contributed by atoms with Crippen LogP contribution in [0.1, 0.15) is 25.5 Å². The fourth-order valence-electron chi connectivity index (χ4n) is 1.39. The number of benzene rings is 1. The Kier molecular flexibility index (Phi) is 5.25. The van der Waals surface area contributed by atoms with Crippen LogP contribution in [0.4, 0.5) is 0 Å². The summed E-state index contributed by atoms with van der Waals surface area (Å²) in [5.41, 5.74) is 0.745. The normalized spacial score (nSPS) is 14.2. The highest BCUT2D eigenvalue weighted by molar-refractivity contribution is 5.41. The van der Waals surface area contributed by atoms with E-state index in [9.17, 15) is 5.11 Å². The van der Waals surface area contributed by atoms with Crippen LogP contribution in [0.25, 0.3) is 0 Å². The first-order valence-electron chi connectivity index (χ1n) is 5.60. The average molecular weight is 240 g/mol. The number of hydrogen-bond acceptors (Lipinski definition) is 4. The van der Waals surface area contributed by atoms with E-state index in [1.165, 1.54) is 0 Å². The lowest BCUT2D eigenvalue weighted by molar-refractivity contribution is 0.0699. The van der Waals surface area contributed by atoms with Gasteiger partial charge in [0.15, 0.2) is 0 Å². The van der Waals surface area contributed by atoms with Crippen molar-refractivity contribution in [3.05, 3.63) is 23.8 Å². The first kappa shape index (κ1) is 13.8. The summed E-state index contributed by atoms with van der Waals surface area (Å²) in [6.45, 7) is 4.06. The Morgan fingerprint density at radius 1 is 1.24 bits per heavy atom. The lowest BCUT2D eigenvalue weighted by Gasteiger charge is -2.16. The minimum Gasteiger partial charge on any atom is -0.497 e. The van der Waals surface area contributed by atoms with Crippen molar-refractivity contribution in [2.24, 2.45) is 0 Å². The summed E-state index contributed by atoms with van der Waals surface area (Å²) in [7, 11) is 3.23. The van der Waals surface area contributed by atoms with Crippen LogP contribution in [-0.2, 0) is 4.74 Å². The van der Waals surface area contributed by atoms with Crippen molar-refractivity contribution in [1.82, 2.24) is 0 Å². The summed E-state index contributed by atoms with van der Waals surface area (Å²) < 4.78 is 15.9.